The Bertz CT molecular complexity index is 678. The van der Waals surface area contributed by atoms with Crippen LogP contribution in [0, 0.1) is 25.2 Å². The number of benzene rings is 1. The van der Waals surface area contributed by atoms with Crippen LogP contribution in [-0.2, 0) is 0 Å². The lowest BCUT2D eigenvalue weighted by Gasteiger charge is -2.14. The van der Waals surface area contributed by atoms with E-state index in [-0.39, 0.29) is 0 Å². The van der Waals surface area contributed by atoms with Crippen LogP contribution in [0.4, 0.5) is 0 Å². The molecule has 0 atom stereocenters. The zero-order chi connectivity index (χ0) is 14.0. The molecule has 0 spiro atoms. The maximum absolute atomic E-state index is 11.0. The molecule has 0 N–H and O–H groups in total. The van der Waals surface area contributed by atoms with Crippen molar-refractivity contribution in [3.63, 3.8) is 0 Å². The highest BCUT2D eigenvalue weighted by molar-refractivity contribution is 5.78. The van der Waals surface area contributed by atoms with Crippen molar-refractivity contribution in [1.29, 1.82) is 5.26 Å². The summed E-state index contributed by atoms with van der Waals surface area (Å²) in [6.45, 7) is 3.81. The maximum atomic E-state index is 11.0. The summed E-state index contributed by atoms with van der Waals surface area (Å²) in [6, 6.07) is 9.16. The average molecular weight is 254 g/mol. The quantitative estimate of drug-likeness (QED) is 0.791. The molecule has 4 heteroatoms. The van der Waals surface area contributed by atoms with Crippen molar-refractivity contribution in [2.75, 3.05) is 7.11 Å². The Hall–Kier alpha value is -2.54. The van der Waals surface area contributed by atoms with Gasteiger partial charge in [0.2, 0.25) is 0 Å². The third kappa shape index (κ3) is 2.11. The number of nitrogens with zero attached hydrogens (tertiary/aromatic N) is 2. The Kier molecular flexibility index (Phi) is 3.39. The van der Waals surface area contributed by atoms with E-state index >= 15 is 0 Å². The number of hydrogen-bond donors (Lipinski definition) is 0. The van der Waals surface area contributed by atoms with E-state index < -0.39 is 0 Å². The summed E-state index contributed by atoms with van der Waals surface area (Å²) in [5.74, 6) is 0.610. The molecule has 0 radical (unpaired) electrons. The molecule has 0 bridgehead atoms. The van der Waals surface area contributed by atoms with Gasteiger partial charge in [-0.3, -0.25) is 4.79 Å². The molecule has 2 aromatic rings. The maximum Gasteiger partial charge on any atom is 0.151 e. The summed E-state index contributed by atoms with van der Waals surface area (Å²) >= 11 is 0. The number of carbonyl (C=O) groups excluding carboxylic acids is 1. The molecular formula is C15H14N2O2. The monoisotopic (exact) mass is 254 g/mol. The van der Waals surface area contributed by atoms with E-state index in [1.807, 2.05) is 30.5 Å². The Morgan fingerprint density at radius 2 is 2.05 bits per heavy atom. The van der Waals surface area contributed by atoms with E-state index in [4.69, 9.17) is 10.00 Å². The molecule has 2 rings (SSSR count). The minimum Gasteiger partial charge on any atom is -0.495 e. The second-order valence-corrected chi connectivity index (χ2v) is 4.28. The fourth-order valence-electron chi connectivity index (χ4n) is 2.21. The normalized spacial score (nSPS) is 10.0. The summed E-state index contributed by atoms with van der Waals surface area (Å²) in [4.78, 5) is 11.0. The largest absolute Gasteiger partial charge is 0.495 e. The summed E-state index contributed by atoms with van der Waals surface area (Å²) in [5, 5.41) is 8.91. The molecule has 96 valence electrons. The molecule has 0 unspecified atom stereocenters. The highest BCUT2D eigenvalue weighted by atomic mass is 16.5. The van der Waals surface area contributed by atoms with Crippen molar-refractivity contribution in [3.05, 3.63) is 46.8 Å². The van der Waals surface area contributed by atoms with E-state index in [1.165, 1.54) is 0 Å². The van der Waals surface area contributed by atoms with Crippen LogP contribution in [0.25, 0.3) is 5.69 Å². The lowest BCUT2D eigenvalue weighted by molar-refractivity contribution is 0.112. The second kappa shape index (κ2) is 4.99. The van der Waals surface area contributed by atoms with Gasteiger partial charge in [-0.2, -0.15) is 5.26 Å². The van der Waals surface area contributed by atoms with Gasteiger partial charge in [-0.1, -0.05) is 0 Å². The SMILES string of the molecule is COc1cc(C#N)ccc1-n1c(C)cc(C=O)c1C. The van der Waals surface area contributed by atoms with Crippen LogP contribution in [0.5, 0.6) is 5.75 Å². The first-order valence-electron chi connectivity index (χ1n) is 5.85. The molecule has 1 aromatic carbocycles. The lowest BCUT2D eigenvalue weighted by Crippen LogP contribution is -2.02. The summed E-state index contributed by atoms with van der Waals surface area (Å²) in [7, 11) is 1.56. The fourth-order valence-corrected chi connectivity index (χ4v) is 2.21. The van der Waals surface area contributed by atoms with Gasteiger partial charge in [0.15, 0.2) is 6.29 Å². The zero-order valence-corrected chi connectivity index (χ0v) is 11.1. The van der Waals surface area contributed by atoms with Crippen molar-refractivity contribution < 1.29 is 9.53 Å². The van der Waals surface area contributed by atoms with Crippen molar-refractivity contribution in [2.24, 2.45) is 0 Å². The summed E-state index contributed by atoms with van der Waals surface area (Å²) < 4.78 is 7.28. The van der Waals surface area contributed by atoms with E-state index in [2.05, 4.69) is 6.07 Å². The van der Waals surface area contributed by atoms with Gasteiger partial charge in [0, 0.05) is 23.0 Å². The van der Waals surface area contributed by atoms with Crippen LogP contribution in [0.1, 0.15) is 27.3 Å². The molecule has 1 aromatic heterocycles. The molecule has 0 aliphatic carbocycles. The van der Waals surface area contributed by atoms with Crippen molar-refractivity contribution >= 4 is 6.29 Å². The number of nitriles is 1. The van der Waals surface area contributed by atoms with Crippen molar-refractivity contribution in [2.45, 2.75) is 13.8 Å². The van der Waals surface area contributed by atoms with Crippen LogP contribution in [0.2, 0.25) is 0 Å². The van der Waals surface area contributed by atoms with Gasteiger partial charge in [-0.05, 0) is 32.0 Å². The minimum absolute atomic E-state index is 0.540. The first kappa shape index (κ1) is 12.9. The van der Waals surface area contributed by atoms with Crippen LogP contribution in [0.15, 0.2) is 24.3 Å². The number of ether oxygens (including phenoxy) is 1. The van der Waals surface area contributed by atoms with Gasteiger partial charge in [-0.25, -0.2) is 0 Å². The Labute approximate surface area is 111 Å². The van der Waals surface area contributed by atoms with Gasteiger partial charge in [-0.15, -0.1) is 0 Å². The standard InChI is InChI=1S/C15H14N2O2/c1-10-6-13(9-18)11(2)17(10)14-5-4-12(8-16)7-15(14)19-3/h4-7,9H,1-3H3. The van der Waals surface area contributed by atoms with Gasteiger partial charge >= 0.3 is 0 Å². The van der Waals surface area contributed by atoms with Crippen LogP contribution < -0.4 is 4.74 Å². The first-order valence-corrected chi connectivity index (χ1v) is 5.85. The Balaban J connectivity index is 2.69. The van der Waals surface area contributed by atoms with E-state index in [0.29, 0.717) is 16.9 Å². The van der Waals surface area contributed by atoms with Crippen molar-refractivity contribution in [3.8, 4) is 17.5 Å². The predicted molar refractivity (Wildman–Crippen MR) is 71.9 cm³/mol. The first-order chi connectivity index (χ1) is 9.12. The fraction of sp³-hybridized carbons (Fsp3) is 0.200. The number of aromatic nitrogens is 1. The average Bonchev–Trinajstić information content (AvgIpc) is 2.72. The predicted octanol–water partition coefficient (Wildman–Crippen LogP) is 2.79. The van der Waals surface area contributed by atoms with E-state index in [9.17, 15) is 4.79 Å². The smallest absolute Gasteiger partial charge is 0.151 e. The van der Waals surface area contributed by atoms with Gasteiger partial charge in [0.05, 0.1) is 24.4 Å². The zero-order valence-electron chi connectivity index (χ0n) is 11.1. The molecule has 0 aliphatic rings. The third-order valence-electron chi connectivity index (χ3n) is 3.15. The number of hydrogen-bond acceptors (Lipinski definition) is 3. The third-order valence-corrected chi connectivity index (χ3v) is 3.15. The minimum atomic E-state index is 0.540. The van der Waals surface area contributed by atoms with E-state index in [0.717, 1.165) is 23.4 Å². The number of methoxy groups -OCH3 is 1. The number of aldehydes is 1. The van der Waals surface area contributed by atoms with Crippen molar-refractivity contribution in [1.82, 2.24) is 4.57 Å². The highest BCUT2D eigenvalue weighted by Gasteiger charge is 2.14. The molecule has 0 amide bonds. The molecular weight excluding hydrogens is 240 g/mol. The molecule has 1 heterocycles. The summed E-state index contributed by atoms with van der Waals surface area (Å²) in [6.07, 6.45) is 0.842. The molecule has 4 nitrogen and oxygen atoms in total. The lowest BCUT2D eigenvalue weighted by atomic mass is 10.2. The van der Waals surface area contributed by atoms with E-state index in [1.54, 1.807) is 19.2 Å². The molecule has 0 saturated heterocycles. The molecule has 19 heavy (non-hydrogen) atoms. The van der Waals surface area contributed by atoms with Crippen LogP contribution >= 0.6 is 0 Å². The number of carbonyl (C=O) groups is 1. The highest BCUT2D eigenvalue weighted by Crippen LogP contribution is 2.28. The van der Waals surface area contributed by atoms with Gasteiger partial charge < -0.3 is 9.30 Å². The number of aryl methyl sites for hydroxylation is 1. The Morgan fingerprint density at radius 3 is 2.58 bits per heavy atom. The van der Waals surface area contributed by atoms with Gasteiger partial charge in [0.1, 0.15) is 5.75 Å². The molecule has 0 saturated carbocycles. The van der Waals surface area contributed by atoms with Gasteiger partial charge in [0.25, 0.3) is 0 Å². The van der Waals surface area contributed by atoms with Crippen LogP contribution in [0.3, 0.4) is 0 Å². The number of rotatable bonds is 3. The molecule has 0 aliphatic heterocycles. The second-order valence-electron chi connectivity index (χ2n) is 4.28. The molecule has 0 fully saturated rings. The summed E-state index contributed by atoms with van der Waals surface area (Å²) in [5.41, 5.74) is 3.82. The topological polar surface area (TPSA) is 55.0 Å². The van der Waals surface area contributed by atoms with Crippen LogP contribution in [-0.4, -0.2) is 18.0 Å². The Morgan fingerprint density at radius 1 is 1.32 bits per heavy atom.